The number of rotatable bonds is 3. The molecule has 0 amide bonds. The summed E-state index contributed by atoms with van der Waals surface area (Å²) in [5.41, 5.74) is 4.77. The van der Waals surface area contributed by atoms with Gasteiger partial charge < -0.3 is 5.73 Å². The Bertz CT molecular complexity index is 727. The van der Waals surface area contributed by atoms with Crippen LogP contribution in [0.25, 0.3) is 0 Å². The number of nitrogens with one attached hydrogen (secondary N) is 1. The normalized spacial score (nSPS) is 11.5. The second kappa shape index (κ2) is 4.50. The lowest BCUT2D eigenvalue weighted by molar-refractivity contribution is 0.553. The van der Waals surface area contributed by atoms with Gasteiger partial charge in [-0.2, -0.15) is 5.10 Å². The number of benzene rings is 1. The fraction of sp³-hybridized carbons (Fsp3) is 0.100. The molecule has 102 valence electrons. The minimum atomic E-state index is -4.22. The largest absolute Gasteiger partial charge is 0.396 e. The fourth-order valence-corrected chi connectivity index (χ4v) is 2.50. The van der Waals surface area contributed by atoms with Crippen LogP contribution in [-0.2, 0) is 17.1 Å². The van der Waals surface area contributed by atoms with Gasteiger partial charge in [0.2, 0.25) is 0 Å². The Kier molecular flexibility index (Phi) is 3.14. The van der Waals surface area contributed by atoms with Crippen molar-refractivity contribution in [3.8, 4) is 0 Å². The van der Waals surface area contributed by atoms with Gasteiger partial charge in [0.15, 0.2) is 5.82 Å². The molecule has 0 saturated carbocycles. The fourth-order valence-electron chi connectivity index (χ4n) is 1.41. The summed E-state index contributed by atoms with van der Waals surface area (Å²) in [4.78, 5) is -0.739. The maximum atomic E-state index is 13.5. The Morgan fingerprint density at radius 1 is 1.32 bits per heavy atom. The zero-order chi connectivity index (χ0) is 14.2. The van der Waals surface area contributed by atoms with E-state index in [0.29, 0.717) is 6.07 Å². The number of aromatic nitrogens is 2. The van der Waals surface area contributed by atoms with Crippen molar-refractivity contribution in [1.82, 2.24) is 9.78 Å². The third-order valence-corrected chi connectivity index (χ3v) is 3.66. The zero-order valence-electron chi connectivity index (χ0n) is 9.76. The molecule has 0 aliphatic rings. The van der Waals surface area contributed by atoms with Gasteiger partial charge in [0.25, 0.3) is 10.0 Å². The summed E-state index contributed by atoms with van der Waals surface area (Å²) in [5.74, 6) is -2.23. The van der Waals surface area contributed by atoms with Crippen LogP contribution in [0.3, 0.4) is 0 Å². The van der Waals surface area contributed by atoms with Crippen LogP contribution in [0.2, 0.25) is 0 Å². The van der Waals surface area contributed by atoms with Crippen LogP contribution in [0.4, 0.5) is 20.3 Å². The summed E-state index contributed by atoms with van der Waals surface area (Å²) in [6.45, 7) is 0. The van der Waals surface area contributed by atoms with Crippen molar-refractivity contribution in [3.05, 3.63) is 36.0 Å². The SMILES string of the molecule is Cn1ccc(NS(=O)(=O)c2cc(N)c(F)cc2F)n1. The van der Waals surface area contributed by atoms with Crippen LogP contribution in [0, 0.1) is 11.6 Å². The Balaban J connectivity index is 2.42. The number of nitrogens with zero attached hydrogens (tertiary/aromatic N) is 2. The molecule has 0 spiro atoms. The van der Waals surface area contributed by atoms with Crippen molar-refractivity contribution in [2.45, 2.75) is 4.90 Å². The number of sulfonamides is 1. The molecule has 0 saturated heterocycles. The summed E-state index contributed by atoms with van der Waals surface area (Å²) in [6, 6.07) is 2.53. The first-order valence-corrected chi connectivity index (χ1v) is 6.55. The van der Waals surface area contributed by atoms with E-state index in [1.807, 2.05) is 0 Å². The lowest BCUT2D eigenvalue weighted by Gasteiger charge is -2.07. The molecule has 0 fully saturated rings. The van der Waals surface area contributed by atoms with Crippen molar-refractivity contribution in [3.63, 3.8) is 0 Å². The Hall–Kier alpha value is -2.16. The molecule has 3 N–H and O–H groups in total. The number of nitrogens with two attached hydrogens (primary N) is 1. The Labute approximate surface area is 107 Å². The van der Waals surface area contributed by atoms with Gasteiger partial charge in [-0.3, -0.25) is 9.40 Å². The molecule has 0 bridgehead atoms. The predicted molar refractivity (Wildman–Crippen MR) is 64.8 cm³/mol. The highest BCUT2D eigenvalue weighted by Gasteiger charge is 2.22. The Morgan fingerprint density at radius 3 is 2.58 bits per heavy atom. The topological polar surface area (TPSA) is 90.0 Å². The average Bonchev–Trinajstić information content (AvgIpc) is 2.68. The quantitative estimate of drug-likeness (QED) is 0.827. The molecule has 0 aliphatic heterocycles. The second-order valence-electron chi connectivity index (χ2n) is 3.78. The summed E-state index contributed by atoms with van der Waals surface area (Å²) in [5, 5.41) is 3.79. The highest BCUT2D eigenvalue weighted by atomic mass is 32.2. The minimum Gasteiger partial charge on any atom is -0.396 e. The van der Waals surface area contributed by atoms with E-state index in [-0.39, 0.29) is 5.82 Å². The summed E-state index contributed by atoms with van der Waals surface area (Å²) in [6.07, 6.45) is 1.51. The number of anilines is 2. The second-order valence-corrected chi connectivity index (χ2v) is 5.44. The maximum Gasteiger partial charge on any atom is 0.266 e. The van der Waals surface area contributed by atoms with Gasteiger partial charge in [-0.1, -0.05) is 0 Å². The van der Waals surface area contributed by atoms with Gasteiger partial charge in [-0.15, -0.1) is 0 Å². The van der Waals surface area contributed by atoms with Gasteiger partial charge in [-0.05, 0) is 6.07 Å². The van der Waals surface area contributed by atoms with Gasteiger partial charge in [0.1, 0.15) is 16.5 Å². The van der Waals surface area contributed by atoms with Crippen molar-refractivity contribution < 1.29 is 17.2 Å². The van der Waals surface area contributed by atoms with Crippen LogP contribution >= 0.6 is 0 Å². The smallest absolute Gasteiger partial charge is 0.266 e. The van der Waals surface area contributed by atoms with Crippen LogP contribution in [-0.4, -0.2) is 18.2 Å². The van der Waals surface area contributed by atoms with E-state index in [1.54, 1.807) is 7.05 Å². The first kappa shape index (κ1) is 13.3. The van der Waals surface area contributed by atoms with Crippen molar-refractivity contribution in [2.24, 2.45) is 7.05 Å². The maximum absolute atomic E-state index is 13.5. The molecule has 0 atom stereocenters. The number of aryl methyl sites for hydroxylation is 1. The first-order valence-electron chi connectivity index (χ1n) is 5.06. The molecule has 19 heavy (non-hydrogen) atoms. The van der Waals surface area contributed by atoms with E-state index < -0.39 is 32.2 Å². The lowest BCUT2D eigenvalue weighted by atomic mass is 10.3. The zero-order valence-corrected chi connectivity index (χ0v) is 10.6. The van der Waals surface area contributed by atoms with E-state index in [2.05, 4.69) is 9.82 Å². The van der Waals surface area contributed by atoms with E-state index in [0.717, 1.165) is 6.07 Å². The van der Waals surface area contributed by atoms with Crippen LogP contribution in [0.1, 0.15) is 0 Å². The molecular formula is C10H10F2N4O2S. The molecule has 1 heterocycles. The highest BCUT2D eigenvalue weighted by molar-refractivity contribution is 7.92. The van der Waals surface area contributed by atoms with Gasteiger partial charge >= 0.3 is 0 Å². The van der Waals surface area contributed by atoms with E-state index in [9.17, 15) is 17.2 Å². The minimum absolute atomic E-state index is 0.0183. The van der Waals surface area contributed by atoms with E-state index in [4.69, 9.17) is 5.73 Å². The van der Waals surface area contributed by atoms with Crippen molar-refractivity contribution in [2.75, 3.05) is 10.5 Å². The van der Waals surface area contributed by atoms with Crippen LogP contribution in [0.5, 0.6) is 0 Å². The van der Waals surface area contributed by atoms with Crippen molar-refractivity contribution in [1.29, 1.82) is 0 Å². The lowest BCUT2D eigenvalue weighted by Crippen LogP contribution is -2.16. The standard InChI is InChI=1S/C10H10F2N4O2S/c1-16-3-2-10(14-16)15-19(17,18)9-5-8(13)6(11)4-7(9)12/h2-5H,13H2,1H3,(H,14,15). The van der Waals surface area contributed by atoms with Gasteiger partial charge in [0, 0.05) is 25.4 Å². The van der Waals surface area contributed by atoms with Crippen molar-refractivity contribution >= 4 is 21.5 Å². The highest BCUT2D eigenvalue weighted by Crippen LogP contribution is 2.22. The summed E-state index contributed by atoms with van der Waals surface area (Å²) < 4.78 is 53.7. The van der Waals surface area contributed by atoms with E-state index >= 15 is 0 Å². The molecule has 9 heteroatoms. The summed E-state index contributed by atoms with van der Waals surface area (Å²) >= 11 is 0. The molecule has 6 nitrogen and oxygen atoms in total. The average molecular weight is 288 g/mol. The third-order valence-electron chi connectivity index (χ3n) is 2.29. The predicted octanol–water partition coefficient (Wildman–Crippen LogP) is 1.08. The molecule has 2 aromatic rings. The molecule has 1 aromatic heterocycles. The van der Waals surface area contributed by atoms with Gasteiger partial charge in [0.05, 0.1) is 5.69 Å². The first-order chi connectivity index (χ1) is 8.79. The molecule has 2 rings (SSSR count). The molecule has 0 aliphatic carbocycles. The molecule has 1 aromatic carbocycles. The third kappa shape index (κ3) is 2.65. The summed E-state index contributed by atoms with van der Waals surface area (Å²) in [7, 11) is -2.63. The number of hydrogen-bond donors (Lipinski definition) is 2. The molecular weight excluding hydrogens is 278 g/mol. The molecule has 0 unspecified atom stereocenters. The van der Waals surface area contributed by atoms with Crippen LogP contribution < -0.4 is 10.5 Å². The monoisotopic (exact) mass is 288 g/mol. The number of halogens is 2. The number of nitrogen functional groups attached to an aromatic ring is 1. The number of hydrogen-bond acceptors (Lipinski definition) is 4. The van der Waals surface area contributed by atoms with Gasteiger partial charge in [-0.25, -0.2) is 17.2 Å². The van der Waals surface area contributed by atoms with E-state index in [1.165, 1.54) is 16.9 Å². The van der Waals surface area contributed by atoms with Crippen LogP contribution in [0.15, 0.2) is 29.3 Å². The molecule has 0 radical (unpaired) electrons. The Morgan fingerprint density at radius 2 is 2.00 bits per heavy atom.